The average molecular weight is 349 g/mol. The first-order valence-corrected chi connectivity index (χ1v) is 10.5. The van der Waals surface area contributed by atoms with Gasteiger partial charge < -0.3 is 9.05 Å². The van der Waals surface area contributed by atoms with Gasteiger partial charge >= 0.3 is 0 Å². The van der Waals surface area contributed by atoms with Gasteiger partial charge in [-0.2, -0.15) is 0 Å². The molecule has 23 heavy (non-hydrogen) atoms. The molecule has 5 heteroatoms. The molecule has 0 saturated heterocycles. The fourth-order valence-corrected chi connectivity index (χ4v) is 4.96. The van der Waals surface area contributed by atoms with E-state index in [0.717, 1.165) is 24.2 Å². The van der Waals surface area contributed by atoms with Crippen molar-refractivity contribution in [1.29, 1.82) is 0 Å². The molecule has 0 saturated carbocycles. The molecule has 0 aliphatic heterocycles. The summed E-state index contributed by atoms with van der Waals surface area (Å²) in [6.07, 6.45) is 0. The summed E-state index contributed by atoms with van der Waals surface area (Å²) >= 11 is 5.81. The molecule has 2 aromatic carbocycles. The van der Waals surface area contributed by atoms with Gasteiger partial charge in [0.15, 0.2) is 0 Å². The van der Waals surface area contributed by atoms with Gasteiger partial charge in [0.1, 0.15) is 0 Å². The number of rotatable bonds is 9. The molecule has 0 aliphatic rings. The molecule has 2 rings (SSSR count). The minimum atomic E-state index is -2.49. The Morgan fingerprint density at radius 3 is 1.52 bits per heavy atom. The lowest BCUT2D eigenvalue weighted by Gasteiger charge is -2.32. The van der Waals surface area contributed by atoms with Crippen LogP contribution in [0, 0.1) is 0 Å². The summed E-state index contributed by atoms with van der Waals surface area (Å²) < 4.78 is 14.3. The van der Waals surface area contributed by atoms with Crippen molar-refractivity contribution in [2.24, 2.45) is 0 Å². The fourth-order valence-electron chi connectivity index (χ4n) is 2.23. The monoisotopic (exact) mass is 349 g/mol. The Morgan fingerprint density at radius 2 is 1.17 bits per heavy atom. The molecule has 124 valence electrons. The van der Waals surface area contributed by atoms with Gasteiger partial charge in [-0.05, 0) is 22.9 Å². The predicted octanol–water partition coefficient (Wildman–Crippen LogP) is 4.99. The first-order valence-electron chi connectivity index (χ1n) is 7.90. The van der Waals surface area contributed by atoms with Crippen molar-refractivity contribution >= 4 is 18.4 Å². The molecule has 0 aromatic heterocycles. The molecular formula is C18H24NO2PS. The van der Waals surface area contributed by atoms with E-state index in [2.05, 4.69) is 18.5 Å². The van der Waals surface area contributed by atoms with Crippen LogP contribution in [0.3, 0.4) is 0 Å². The van der Waals surface area contributed by atoms with Gasteiger partial charge in [-0.3, -0.25) is 0 Å². The van der Waals surface area contributed by atoms with E-state index in [-0.39, 0.29) is 0 Å². The zero-order chi connectivity index (χ0) is 16.5. The molecule has 0 unspecified atom stereocenters. The van der Waals surface area contributed by atoms with E-state index in [1.807, 2.05) is 60.7 Å². The third-order valence-electron chi connectivity index (χ3n) is 3.55. The van der Waals surface area contributed by atoms with Crippen molar-refractivity contribution in [3.8, 4) is 0 Å². The summed E-state index contributed by atoms with van der Waals surface area (Å²) in [4.78, 5) is 0. The van der Waals surface area contributed by atoms with Crippen molar-refractivity contribution < 1.29 is 9.05 Å². The van der Waals surface area contributed by atoms with Gasteiger partial charge in [0.05, 0.1) is 13.2 Å². The maximum absolute atomic E-state index is 6.11. The van der Waals surface area contributed by atoms with Gasteiger partial charge in [-0.1, -0.05) is 74.5 Å². The molecule has 0 fully saturated rings. The van der Waals surface area contributed by atoms with Crippen LogP contribution >= 0.6 is 6.64 Å². The average Bonchev–Trinajstić information content (AvgIpc) is 2.61. The quantitative estimate of drug-likeness (QED) is 0.595. The highest BCUT2D eigenvalue weighted by atomic mass is 32.5. The van der Waals surface area contributed by atoms with Crippen molar-refractivity contribution in [1.82, 2.24) is 4.67 Å². The lowest BCUT2D eigenvalue weighted by Crippen LogP contribution is -2.22. The Kier molecular flexibility index (Phi) is 7.41. The molecule has 0 spiro atoms. The normalized spacial score (nSPS) is 11.8. The van der Waals surface area contributed by atoms with Gasteiger partial charge in [0.25, 0.3) is 6.64 Å². The second-order valence-electron chi connectivity index (χ2n) is 5.13. The zero-order valence-corrected chi connectivity index (χ0v) is 15.4. The van der Waals surface area contributed by atoms with E-state index in [4.69, 9.17) is 20.9 Å². The van der Waals surface area contributed by atoms with E-state index in [0.29, 0.717) is 13.2 Å². The van der Waals surface area contributed by atoms with Gasteiger partial charge in [-0.15, -0.1) is 0 Å². The highest BCUT2D eigenvalue weighted by Gasteiger charge is 2.26. The second kappa shape index (κ2) is 9.31. The Labute approximate surface area is 144 Å². The number of benzene rings is 2. The molecule has 0 heterocycles. The van der Waals surface area contributed by atoms with E-state index in [1.54, 1.807) is 0 Å². The zero-order valence-electron chi connectivity index (χ0n) is 13.7. The number of hydrogen-bond donors (Lipinski definition) is 0. The summed E-state index contributed by atoms with van der Waals surface area (Å²) in [7, 11) is 0. The molecule has 0 aliphatic carbocycles. The molecule has 0 bridgehead atoms. The lowest BCUT2D eigenvalue weighted by atomic mass is 10.2. The van der Waals surface area contributed by atoms with Crippen LogP contribution in [-0.2, 0) is 34.1 Å². The van der Waals surface area contributed by atoms with Crippen LogP contribution < -0.4 is 0 Å². The third-order valence-corrected chi connectivity index (χ3v) is 7.05. The minimum Gasteiger partial charge on any atom is -0.313 e. The summed E-state index contributed by atoms with van der Waals surface area (Å²) in [5, 5.41) is 0. The SMILES string of the molecule is CCN(CC)P(=S)(OCc1ccccc1)OCc1ccccc1. The summed E-state index contributed by atoms with van der Waals surface area (Å²) in [6, 6.07) is 20.2. The highest BCUT2D eigenvalue weighted by molar-refractivity contribution is 8.08. The largest absolute Gasteiger partial charge is 0.313 e. The maximum atomic E-state index is 6.11. The first kappa shape index (κ1) is 18.3. The Bertz CT molecular complexity index is 570. The van der Waals surface area contributed by atoms with E-state index < -0.39 is 6.64 Å². The summed E-state index contributed by atoms with van der Waals surface area (Å²) in [5.74, 6) is 0. The Balaban J connectivity index is 2.07. The Hall–Kier alpha value is -1.03. The predicted molar refractivity (Wildman–Crippen MR) is 99.7 cm³/mol. The minimum absolute atomic E-state index is 0.476. The second-order valence-corrected chi connectivity index (χ2v) is 8.53. The fraction of sp³-hybridized carbons (Fsp3) is 0.333. The van der Waals surface area contributed by atoms with Crippen molar-refractivity contribution in [3.05, 3.63) is 71.8 Å². The van der Waals surface area contributed by atoms with Crippen molar-refractivity contribution in [2.45, 2.75) is 27.1 Å². The van der Waals surface area contributed by atoms with Crippen LogP contribution in [0.15, 0.2) is 60.7 Å². The van der Waals surface area contributed by atoms with Crippen LogP contribution in [0.2, 0.25) is 0 Å². The topological polar surface area (TPSA) is 21.7 Å². The van der Waals surface area contributed by atoms with Crippen molar-refractivity contribution in [3.63, 3.8) is 0 Å². The van der Waals surface area contributed by atoms with Crippen LogP contribution in [0.1, 0.15) is 25.0 Å². The smallest absolute Gasteiger partial charge is 0.264 e. The first-order chi connectivity index (χ1) is 11.2. The van der Waals surface area contributed by atoms with Gasteiger partial charge in [-0.25, -0.2) is 4.67 Å². The highest BCUT2D eigenvalue weighted by Crippen LogP contribution is 2.53. The van der Waals surface area contributed by atoms with E-state index >= 15 is 0 Å². The number of nitrogens with zero attached hydrogens (tertiary/aromatic N) is 1. The maximum Gasteiger partial charge on any atom is 0.264 e. The molecule has 0 N–H and O–H groups in total. The molecule has 0 atom stereocenters. The van der Waals surface area contributed by atoms with Crippen LogP contribution in [-0.4, -0.2) is 17.8 Å². The molecule has 0 radical (unpaired) electrons. The van der Waals surface area contributed by atoms with Crippen molar-refractivity contribution in [2.75, 3.05) is 13.1 Å². The van der Waals surface area contributed by atoms with E-state index in [1.165, 1.54) is 0 Å². The van der Waals surface area contributed by atoms with Gasteiger partial charge in [0.2, 0.25) is 0 Å². The van der Waals surface area contributed by atoms with Crippen LogP contribution in [0.25, 0.3) is 0 Å². The molecule has 3 nitrogen and oxygen atoms in total. The number of hydrogen-bond acceptors (Lipinski definition) is 3. The molecule has 2 aromatic rings. The summed E-state index contributed by atoms with van der Waals surface area (Å²) in [6.45, 7) is 4.26. The third kappa shape index (κ3) is 5.52. The summed E-state index contributed by atoms with van der Waals surface area (Å²) in [5.41, 5.74) is 2.22. The molecular weight excluding hydrogens is 325 g/mol. The standard InChI is InChI=1S/C18H24NO2PS/c1-3-19(4-2)22(23,20-15-17-11-7-5-8-12-17)21-16-18-13-9-6-10-14-18/h5-14H,3-4,15-16H2,1-2H3. The lowest BCUT2D eigenvalue weighted by molar-refractivity contribution is 0.192. The Morgan fingerprint density at radius 1 is 0.783 bits per heavy atom. The molecule has 0 amide bonds. The van der Waals surface area contributed by atoms with Crippen LogP contribution in [0.5, 0.6) is 0 Å². The van der Waals surface area contributed by atoms with E-state index in [9.17, 15) is 0 Å². The van der Waals surface area contributed by atoms with Crippen LogP contribution in [0.4, 0.5) is 0 Å². The van der Waals surface area contributed by atoms with Gasteiger partial charge in [0, 0.05) is 13.1 Å².